The average molecular weight is 1100 g/mol. The first kappa shape index (κ1) is 50.4. The lowest BCUT2D eigenvalue weighted by molar-refractivity contribution is 0.444. The van der Waals surface area contributed by atoms with E-state index in [9.17, 15) is 0 Å². The zero-order chi connectivity index (χ0) is 55.2. The summed E-state index contributed by atoms with van der Waals surface area (Å²) in [6.07, 6.45) is 6.38. The van der Waals surface area contributed by atoms with Crippen molar-refractivity contribution in [1.82, 2.24) is 0 Å². The van der Waals surface area contributed by atoms with Crippen molar-refractivity contribution in [3.05, 3.63) is 230 Å². The largest absolute Gasteiger partial charge is 0.454 e. The first-order valence-corrected chi connectivity index (χ1v) is 33.7. The van der Waals surface area contributed by atoms with Crippen LogP contribution < -0.4 is 15.0 Å². The van der Waals surface area contributed by atoms with Gasteiger partial charge in [-0.05, 0) is 106 Å². The lowest BCUT2D eigenvalue weighted by Crippen LogP contribution is -2.37. The van der Waals surface area contributed by atoms with Crippen LogP contribution in [0.4, 0.5) is 34.1 Å². The highest BCUT2D eigenvalue weighted by atomic mass is 32.2. The third-order valence-corrected chi connectivity index (χ3v) is 20.4. The van der Waals surface area contributed by atoms with Gasteiger partial charge < -0.3 is 18.6 Å². The van der Waals surface area contributed by atoms with Crippen LogP contribution in [0.25, 0.3) is 98.4 Å². The highest BCUT2D eigenvalue weighted by Crippen LogP contribution is 2.55. The van der Waals surface area contributed by atoms with Crippen molar-refractivity contribution in [3.8, 4) is 22.3 Å². The van der Waals surface area contributed by atoms with E-state index in [4.69, 9.17) is 8.83 Å². The van der Waals surface area contributed by atoms with E-state index in [1.54, 1.807) is 0 Å². The van der Waals surface area contributed by atoms with E-state index in [0.29, 0.717) is 11.2 Å². The summed E-state index contributed by atoms with van der Waals surface area (Å²) >= 11 is 1.90. The molecule has 6 heteroatoms. The lowest BCUT2D eigenvalue weighted by Gasteiger charge is -2.34. The van der Waals surface area contributed by atoms with Gasteiger partial charge in [0.15, 0.2) is 11.2 Å². The maximum atomic E-state index is 7.16. The predicted octanol–water partition coefficient (Wildman–Crippen LogP) is 22.7. The topological polar surface area (TPSA) is 32.8 Å². The first-order valence-electron chi connectivity index (χ1n) is 29.4. The average Bonchev–Trinajstić information content (AvgIpc) is 1.67. The Morgan fingerprint density at radius 2 is 0.915 bits per heavy atom. The molecule has 15 rings (SSSR count). The molecule has 82 heavy (non-hydrogen) atoms. The van der Waals surface area contributed by atoms with Crippen molar-refractivity contribution in [2.45, 2.75) is 81.7 Å². The summed E-state index contributed by atoms with van der Waals surface area (Å²) in [5.74, 6) is 0.560. The molecule has 0 N–H and O–H groups in total. The normalized spacial score (nSPS) is 13.5. The predicted molar refractivity (Wildman–Crippen MR) is 355 cm³/mol. The van der Waals surface area contributed by atoms with Gasteiger partial charge in [0.1, 0.15) is 11.2 Å². The molecule has 2 aromatic heterocycles. The number of thioether (sulfide) groups is 1. The molecule has 1 aliphatic carbocycles. The minimum atomic E-state index is -1.82. The molecule has 12 aromatic carbocycles. The van der Waals surface area contributed by atoms with Crippen molar-refractivity contribution < 1.29 is 8.83 Å². The number of fused-ring (bicyclic) bond motifs is 6. The molecular weight excluding hydrogens is 1030 g/mol. The molecule has 0 aliphatic heterocycles. The van der Waals surface area contributed by atoms with Crippen LogP contribution in [0.15, 0.2) is 238 Å². The van der Waals surface area contributed by atoms with Crippen LogP contribution in [0.2, 0.25) is 19.6 Å². The molecule has 0 atom stereocenters. The van der Waals surface area contributed by atoms with Crippen molar-refractivity contribution in [2.24, 2.45) is 0 Å². The maximum absolute atomic E-state index is 7.16. The van der Waals surface area contributed by atoms with Crippen LogP contribution >= 0.6 is 11.8 Å². The Kier molecular flexibility index (Phi) is 12.4. The van der Waals surface area contributed by atoms with Crippen molar-refractivity contribution in [1.29, 1.82) is 0 Å². The van der Waals surface area contributed by atoms with Crippen LogP contribution in [0.3, 0.4) is 0 Å². The number of nitrogens with zero attached hydrogens (tertiary/aromatic N) is 2. The van der Waals surface area contributed by atoms with E-state index < -0.39 is 8.07 Å². The van der Waals surface area contributed by atoms with Gasteiger partial charge in [-0.15, -0.1) is 11.8 Å². The van der Waals surface area contributed by atoms with Crippen molar-refractivity contribution >= 4 is 135 Å². The number of hydrogen-bond donors (Lipinski definition) is 0. The fraction of sp³-hybridized carbons (Fsp3) is 0.158. The summed E-state index contributed by atoms with van der Waals surface area (Å²) in [6, 6.07) is 83.9. The highest BCUT2D eigenvalue weighted by molar-refractivity contribution is 7.99. The second kappa shape index (κ2) is 20.2. The Balaban J connectivity index is 1.12. The van der Waals surface area contributed by atoms with Gasteiger partial charge in [-0.1, -0.05) is 228 Å². The third kappa shape index (κ3) is 8.57. The SMILES string of the molecule is CC(C)Sc1ccc(N(c2cc(N(c3ccc([Si](C)(C)C)cc3-c3ccccc3)c3cccc4c3oc3ccccc34)c3ccc4cc(C5CCCCC5)cc5ccc2c3c54)c2cccc3c2oc2ccccc23)c(-c2ccccc2)c1. The van der Waals surface area contributed by atoms with Crippen molar-refractivity contribution in [2.75, 3.05) is 9.80 Å². The van der Waals surface area contributed by atoms with Crippen molar-refractivity contribution in [3.63, 3.8) is 0 Å². The molecule has 14 aromatic rings. The summed E-state index contributed by atoms with van der Waals surface area (Å²) in [5.41, 5.74) is 15.7. The Morgan fingerprint density at radius 3 is 1.45 bits per heavy atom. The fourth-order valence-electron chi connectivity index (χ4n) is 13.5. The molecule has 1 aliphatic rings. The van der Waals surface area contributed by atoms with Crippen LogP contribution in [-0.4, -0.2) is 13.3 Å². The molecule has 0 amide bonds. The third-order valence-electron chi connectivity index (χ3n) is 17.4. The number of anilines is 6. The highest BCUT2D eigenvalue weighted by Gasteiger charge is 2.32. The number of benzene rings is 12. The minimum absolute atomic E-state index is 0.399. The summed E-state index contributed by atoms with van der Waals surface area (Å²) in [7, 11) is -1.82. The first-order chi connectivity index (χ1) is 40.1. The Hall–Kier alpha value is -8.55. The molecule has 400 valence electrons. The van der Waals surface area contributed by atoms with E-state index in [2.05, 4.69) is 268 Å². The second-order valence-corrected chi connectivity index (χ2v) is 30.7. The molecule has 0 spiro atoms. The van der Waals surface area contributed by atoms with E-state index in [0.717, 1.165) is 105 Å². The Labute approximate surface area is 485 Å². The molecule has 0 saturated heterocycles. The molecule has 4 nitrogen and oxygen atoms in total. The zero-order valence-corrected chi connectivity index (χ0v) is 49.0. The molecule has 0 unspecified atom stereocenters. The second-order valence-electron chi connectivity index (χ2n) is 23.9. The van der Waals surface area contributed by atoms with E-state index in [1.165, 1.54) is 74.9 Å². The van der Waals surface area contributed by atoms with Gasteiger partial charge in [0.25, 0.3) is 0 Å². The monoisotopic (exact) mass is 1100 g/mol. The molecule has 0 bridgehead atoms. The quantitative estimate of drug-likeness (QED) is 0.0692. The Morgan fingerprint density at radius 1 is 0.415 bits per heavy atom. The summed E-state index contributed by atoms with van der Waals surface area (Å²) in [4.78, 5) is 6.31. The van der Waals surface area contributed by atoms with Gasteiger partial charge in [-0.2, -0.15) is 0 Å². The summed E-state index contributed by atoms with van der Waals surface area (Å²) in [6.45, 7) is 11.9. The van der Waals surface area contributed by atoms with E-state index >= 15 is 0 Å². The zero-order valence-electron chi connectivity index (χ0n) is 47.2. The lowest BCUT2D eigenvalue weighted by atomic mass is 9.82. The Bertz CT molecular complexity index is 4720. The van der Waals surface area contributed by atoms with Crippen LogP contribution in [0, 0.1) is 0 Å². The molecule has 1 saturated carbocycles. The number of hydrogen-bond acceptors (Lipinski definition) is 5. The molecular formula is C76H64N2O2SSi. The van der Waals surface area contributed by atoms with Gasteiger partial charge >= 0.3 is 0 Å². The van der Waals surface area contributed by atoms with Gasteiger partial charge in [-0.3, -0.25) is 0 Å². The van der Waals surface area contributed by atoms with Gasteiger partial charge in [0, 0.05) is 59.0 Å². The van der Waals surface area contributed by atoms with Gasteiger partial charge in [0.2, 0.25) is 0 Å². The minimum Gasteiger partial charge on any atom is -0.454 e. The maximum Gasteiger partial charge on any atom is 0.159 e. The van der Waals surface area contributed by atoms with Crippen LogP contribution in [0.5, 0.6) is 0 Å². The number of furan rings is 2. The number of rotatable bonds is 12. The van der Waals surface area contributed by atoms with Crippen LogP contribution in [-0.2, 0) is 0 Å². The smallest absolute Gasteiger partial charge is 0.159 e. The summed E-state index contributed by atoms with van der Waals surface area (Å²) < 4.78 is 14.3. The molecule has 0 radical (unpaired) electrons. The molecule has 2 heterocycles. The van der Waals surface area contributed by atoms with E-state index in [-0.39, 0.29) is 0 Å². The van der Waals surface area contributed by atoms with E-state index in [1.807, 2.05) is 11.8 Å². The summed E-state index contributed by atoms with van der Waals surface area (Å²) in [5, 5.41) is 13.5. The standard InChI is InChI=1S/C76H64N2O2SSi/c1-48(2)81-55-37-41-65(63(45-55)50-23-11-7-12-24-50)77(67-31-19-29-59-57-27-15-17-33-71(57)79-75(59)67)69-47-70(62-40-36-53-44-54(49-21-9-6-10-22-49)43-52-35-39-61(69)74(62)73(52)53)78(68-32-20-30-60-58-28-16-18-34-72(58)80-76(60)68)66-42-38-56(82(3,4)5)46-64(66)51-25-13-8-14-26-51/h7-8,11-20,23-49H,6,9-10,21-22H2,1-5H3. The van der Waals surface area contributed by atoms with Gasteiger partial charge in [-0.25, -0.2) is 0 Å². The fourth-order valence-corrected chi connectivity index (χ4v) is 15.5. The van der Waals surface area contributed by atoms with Gasteiger partial charge in [0.05, 0.1) is 42.2 Å². The molecule has 1 fully saturated rings. The van der Waals surface area contributed by atoms with Crippen LogP contribution in [0.1, 0.15) is 57.4 Å². The number of para-hydroxylation sites is 4.